The Hall–Kier alpha value is -1.71. The number of hydrogen-bond donors (Lipinski definition) is 1. The van der Waals surface area contributed by atoms with Crippen LogP contribution in [0.2, 0.25) is 0 Å². The van der Waals surface area contributed by atoms with E-state index in [4.69, 9.17) is 0 Å². The number of nitrogens with zero attached hydrogens (tertiary/aromatic N) is 1. The monoisotopic (exact) mass is 278 g/mol. The lowest BCUT2D eigenvalue weighted by atomic mass is 10.1. The lowest BCUT2D eigenvalue weighted by Crippen LogP contribution is -2.05. The molecule has 0 saturated heterocycles. The average molecular weight is 278 g/mol. The Kier molecular flexibility index (Phi) is 4.53. The molecular formula is C16H20F2N2. The maximum atomic E-state index is 14.3. The molecule has 0 aliphatic carbocycles. The van der Waals surface area contributed by atoms with Crippen molar-refractivity contribution in [3.8, 4) is 0 Å². The summed E-state index contributed by atoms with van der Waals surface area (Å²) in [5.41, 5.74) is 1.86. The van der Waals surface area contributed by atoms with Crippen LogP contribution in [-0.2, 0) is 6.42 Å². The van der Waals surface area contributed by atoms with E-state index >= 15 is 0 Å². The summed E-state index contributed by atoms with van der Waals surface area (Å²) < 4.78 is 28.4. The van der Waals surface area contributed by atoms with Crippen LogP contribution < -0.4 is 5.32 Å². The minimum absolute atomic E-state index is 0.123. The number of aromatic nitrogens is 1. The van der Waals surface area contributed by atoms with Crippen LogP contribution in [0.25, 0.3) is 10.9 Å². The van der Waals surface area contributed by atoms with E-state index < -0.39 is 11.6 Å². The molecule has 2 rings (SSSR count). The van der Waals surface area contributed by atoms with Gasteiger partial charge in [0.2, 0.25) is 0 Å². The Bertz CT molecular complexity index is 624. The minimum atomic E-state index is -0.462. The van der Waals surface area contributed by atoms with Gasteiger partial charge in [0, 0.05) is 17.9 Å². The number of fused-ring (bicyclic) bond motifs is 1. The zero-order chi connectivity index (χ0) is 14.7. The number of nitrogens with one attached hydrogen (secondary N) is 1. The summed E-state index contributed by atoms with van der Waals surface area (Å²) in [4.78, 5) is 4.28. The number of hydrogen-bond acceptors (Lipinski definition) is 2. The first-order valence-corrected chi connectivity index (χ1v) is 7.10. The van der Waals surface area contributed by atoms with E-state index in [9.17, 15) is 8.78 Å². The van der Waals surface area contributed by atoms with Crippen LogP contribution in [-0.4, -0.2) is 11.5 Å². The highest BCUT2D eigenvalue weighted by Crippen LogP contribution is 2.30. The third-order valence-electron chi connectivity index (χ3n) is 3.28. The van der Waals surface area contributed by atoms with E-state index in [0.717, 1.165) is 31.5 Å². The first-order valence-electron chi connectivity index (χ1n) is 7.10. The van der Waals surface area contributed by atoms with Gasteiger partial charge < -0.3 is 5.32 Å². The standard InChI is InChI=1S/C16H20F2N2/c1-4-6-11-9-13(19-7-5-2)14-15(18)10(3)8-12(17)16(14)20-11/h8-9H,4-7H2,1-3H3,(H,19,20). The van der Waals surface area contributed by atoms with E-state index in [-0.39, 0.29) is 10.9 Å². The van der Waals surface area contributed by atoms with Gasteiger partial charge >= 0.3 is 0 Å². The zero-order valence-corrected chi connectivity index (χ0v) is 12.2. The van der Waals surface area contributed by atoms with Crippen molar-refractivity contribution in [1.29, 1.82) is 0 Å². The maximum absolute atomic E-state index is 14.3. The molecule has 1 heterocycles. The molecule has 1 aromatic heterocycles. The molecule has 108 valence electrons. The lowest BCUT2D eigenvalue weighted by molar-refractivity contribution is 0.607. The quantitative estimate of drug-likeness (QED) is 0.864. The second kappa shape index (κ2) is 6.16. The average Bonchev–Trinajstić information content (AvgIpc) is 2.42. The first kappa shape index (κ1) is 14.7. The molecule has 2 aromatic rings. The molecule has 0 atom stereocenters. The highest BCUT2D eigenvalue weighted by molar-refractivity contribution is 5.93. The van der Waals surface area contributed by atoms with Crippen molar-refractivity contribution in [1.82, 2.24) is 4.98 Å². The fourth-order valence-corrected chi connectivity index (χ4v) is 2.30. The van der Waals surface area contributed by atoms with Crippen LogP contribution in [0.1, 0.15) is 37.9 Å². The molecule has 0 saturated carbocycles. The summed E-state index contributed by atoms with van der Waals surface area (Å²) in [6.45, 7) is 6.36. The fourth-order valence-electron chi connectivity index (χ4n) is 2.30. The Balaban J connectivity index is 2.70. The van der Waals surface area contributed by atoms with Gasteiger partial charge in [-0.05, 0) is 37.5 Å². The van der Waals surface area contributed by atoms with Crippen LogP contribution >= 0.6 is 0 Å². The highest BCUT2D eigenvalue weighted by Gasteiger charge is 2.16. The van der Waals surface area contributed by atoms with Gasteiger partial charge in [-0.3, -0.25) is 0 Å². The summed E-state index contributed by atoms with van der Waals surface area (Å²) in [6.07, 6.45) is 2.59. The molecule has 0 fully saturated rings. The summed E-state index contributed by atoms with van der Waals surface area (Å²) in [5.74, 6) is -0.855. The van der Waals surface area contributed by atoms with Crippen molar-refractivity contribution in [2.45, 2.75) is 40.0 Å². The Morgan fingerprint density at radius 2 is 1.90 bits per heavy atom. The Morgan fingerprint density at radius 1 is 1.15 bits per heavy atom. The third-order valence-corrected chi connectivity index (χ3v) is 3.28. The lowest BCUT2D eigenvalue weighted by Gasteiger charge is -2.13. The second-order valence-electron chi connectivity index (χ2n) is 5.05. The predicted octanol–water partition coefficient (Wildman–Crippen LogP) is 4.60. The van der Waals surface area contributed by atoms with Crippen molar-refractivity contribution < 1.29 is 8.78 Å². The van der Waals surface area contributed by atoms with Crippen LogP contribution in [0, 0.1) is 18.6 Å². The number of anilines is 1. The number of aryl methyl sites for hydroxylation is 2. The molecule has 1 N–H and O–H groups in total. The SMILES string of the molecule is CCCNc1cc(CCC)nc2c(F)cc(C)c(F)c12. The topological polar surface area (TPSA) is 24.9 Å². The van der Waals surface area contributed by atoms with Crippen molar-refractivity contribution in [3.63, 3.8) is 0 Å². The Morgan fingerprint density at radius 3 is 2.55 bits per heavy atom. The second-order valence-corrected chi connectivity index (χ2v) is 5.05. The molecule has 2 nitrogen and oxygen atoms in total. The van der Waals surface area contributed by atoms with Crippen molar-refractivity contribution in [2.24, 2.45) is 0 Å². The minimum Gasteiger partial charge on any atom is -0.384 e. The number of benzene rings is 1. The van der Waals surface area contributed by atoms with Gasteiger partial charge in [0.15, 0.2) is 0 Å². The zero-order valence-electron chi connectivity index (χ0n) is 12.2. The van der Waals surface area contributed by atoms with E-state index in [1.807, 2.05) is 19.9 Å². The van der Waals surface area contributed by atoms with Crippen LogP contribution in [0.15, 0.2) is 12.1 Å². The van der Waals surface area contributed by atoms with Gasteiger partial charge in [-0.2, -0.15) is 0 Å². The third kappa shape index (κ3) is 2.74. The number of rotatable bonds is 5. The normalized spacial score (nSPS) is 11.1. The smallest absolute Gasteiger partial charge is 0.149 e. The van der Waals surface area contributed by atoms with Crippen LogP contribution in [0.3, 0.4) is 0 Å². The van der Waals surface area contributed by atoms with Gasteiger partial charge in [0.1, 0.15) is 17.2 Å². The van der Waals surface area contributed by atoms with Crippen molar-refractivity contribution in [2.75, 3.05) is 11.9 Å². The molecule has 0 aliphatic heterocycles. The van der Waals surface area contributed by atoms with E-state index in [1.54, 1.807) is 6.92 Å². The molecule has 1 aromatic carbocycles. The molecule has 0 unspecified atom stereocenters. The Labute approximate surface area is 118 Å². The van der Waals surface area contributed by atoms with Gasteiger partial charge in [-0.15, -0.1) is 0 Å². The summed E-state index contributed by atoms with van der Waals surface area (Å²) in [6, 6.07) is 3.05. The van der Waals surface area contributed by atoms with E-state index in [0.29, 0.717) is 11.3 Å². The molecule has 0 spiro atoms. The molecule has 0 amide bonds. The van der Waals surface area contributed by atoms with Gasteiger partial charge in [0.25, 0.3) is 0 Å². The molecule has 0 bridgehead atoms. The summed E-state index contributed by atoms with van der Waals surface area (Å²) >= 11 is 0. The number of pyridine rings is 1. The van der Waals surface area contributed by atoms with Gasteiger partial charge in [0.05, 0.1) is 5.39 Å². The molecule has 0 aliphatic rings. The fraction of sp³-hybridized carbons (Fsp3) is 0.438. The van der Waals surface area contributed by atoms with Crippen LogP contribution in [0.4, 0.5) is 14.5 Å². The molecule has 20 heavy (non-hydrogen) atoms. The summed E-state index contributed by atoms with van der Waals surface area (Å²) in [5, 5.41) is 3.44. The molecular weight excluding hydrogens is 258 g/mol. The highest BCUT2D eigenvalue weighted by atomic mass is 19.1. The number of halogens is 2. The first-order chi connectivity index (χ1) is 9.58. The predicted molar refractivity (Wildman–Crippen MR) is 79.2 cm³/mol. The maximum Gasteiger partial charge on any atom is 0.149 e. The van der Waals surface area contributed by atoms with Crippen molar-refractivity contribution >= 4 is 16.6 Å². The molecule has 4 heteroatoms. The van der Waals surface area contributed by atoms with Gasteiger partial charge in [-0.1, -0.05) is 20.3 Å². The van der Waals surface area contributed by atoms with Gasteiger partial charge in [-0.25, -0.2) is 13.8 Å². The van der Waals surface area contributed by atoms with E-state index in [1.165, 1.54) is 6.07 Å². The summed E-state index contributed by atoms with van der Waals surface area (Å²) in [7, 11) is 0. The van der Waals surface area contributed by atoms with E-state index in [2.05, 4.69) is 10.3 Å². The van der Waals surface area contributed by atoms with Crippen molar-refractivity contribution in [3.05, 3.63) is 35.0 Å². The van der Waals surface area contributed by atoms with Crippen LogP contribution in [0.5, 0.6) is 0 Å². The largest absolute Gasteiger partial charge is 0.384 e. The molecule has 0 radical (unpaired) electrons.